The lowest BCUT2D eigenvalue weighted by Gasteiger charge is -2.08. The Hall–Kier alpha value is -3.29. The van der Waals surface area contributed by atoms with E-state index in [4.69, 9.17) is 18.6 Å². The Balaban J connectivity index is 2.38. The van der Waals surface area contributed by atoms with Crippen molar-refractivity contribution in [2.45, 2.75) is 13.8 Å². The lowest BCUT2D eigenvalue weighted by atomic mass is 10.2. The van der Waals surface area contributed by atoms with Crippen molar-refractivity contribution >= 4 is 28.6 Å². The summed E-state index contributed by atoms with van der Waals surface area (Å²) in [5, 5.41) is 3.22. The van der Waals surface area contributed by atoms with E-state index in [2.05, 4.69) is 5.32 Å². The first-order valence-corrected chi connectivity index (χ1v) is 7.93. The molecule has 1 aromatic heterocycles. The summed E-state index contributed by atoms with van der Waals surface area (Å²) in [4.78, 5) is 35.9. The third-order valence-corrected chi connectivity index (χ3v) is 3.30. The van der Waals surface area contributed by atoms with Gasteiger partial charge < -0.3 is 23.9 Å². The van der Waals surface area contributed by atoms with Crippen LogP contribution in [0.1, 0.15) is 13.8 Å². The molecule has 8 heteroatoms. The van der Waals surface area contributed by atoms with Crippen molar-refractivity contribution in [1.82, 2.24) is 0 Å². The van der Waals surface area contributed by atoms with Gasteiger partial charge in [-0.05, 0) is 38.1 Å². The Morgan fingerprint density at radius 2 is 1.77 bits per heavy atom. The molecule has 1 N–H and O–H groups in total. The molecule has 0 spiro atoms. The highest BCUT2D eigenvalue weighted by molar-refractivity contribution is 6.14. The third kappa shape index (κ3) is 4.41. The lowest BCUT2D eigenvalue weighted by Crippen LogP contribution is -2.20. The highest BCUT2D eigenvalue weighted by atomic mass is 16.6. The molecular weight excluding hydrogens is 342 g/mol. The molecule has 0 saturated carbocycles. The van der Waals surface area contributed by atoms with Crippen molar-refractivity contribution in [3.63, 3.8) is 0 Å². The van der Waals surface area contributed by atoms with Crippen molar-refractivity contribution in [2.75, 3.05) is 25.6 Å². The van der Waals surface area contributed by atoms with E-state index < -0.39 is 17.6 Å². The highest BCUT2D eigenvalue weighted by Crippen LogP contribution is 2.21. The van der Waals surface area contributed by atoms with E-state index in [0.717, 1.165) is 6.20 Å². The summed E-state index contributed by atoms with van der Waals surface area (Å²) < 4.78 is 20.0. The number of methoxy groups -OCH3 is 1. The zero-order valence-corrected chi connectivity index (χ0v) is 14.7. The van der Waals surface area contributed by atoms with Gasteiger partial charge in [0.2, 0.25) is 0 Å². The van der Waals surface area contributed by atoms with Gasteiger partial charge in [0.05, 0.1) is 20.3 Å². The molecule has 0 fully saturated rings. The fourth-order valence-electron chi connectivity index (χ4n) is 2.10. The number of hydrogen-bond acceptors (Lipinski definition) is 8. The molecule has 26 heavy (non-hydrogen) atoms. The van der Waals surface area contributed by atoms with Gasteiger partial charge in [-0.1, -0.05) is 0 Å². The van der Waals surface area contributed by atoms with Gasteiger partial charge in [0, 0.05) is 11.6 Å². The van der Waals surface area contributed by atoms with Crippen LogP contribution in [-0.4, -0.2) is 32.3 Å². The van der Waals surface area contributed by atoms with Crippen LogP contribution in [0.2, 0.25) is 0 Å². The summed E-state index contributed by atoms with van der Waals surface area (Å²) in [5.41, 5.74) is -0.608. The van der Waals surface area contributed by atoms with Crippen molar-refractivity contribution in [1.29, 1.82) is 0 Å². The first kappa shape index (κ1) is 19.0. The van der Waals surface area contributed by atoms with Gasteiger partial charge in [0.25, 0.3) is 0 Å². The van der Waals surface area contributed by atoms with Gasteiger partial charge in [-0.25, -0.2) is 14.4 Å². The van der Waals surface area contributed by atoms with E-state index in [1.54, 1.807) is 32.0 Å². The smallest absolute Gasteiger partial charge is 0.360 e. The second kappa shape index (κ2) is 8.70. The molecule has 0 radical (unpaired) electrons. The summed E-state index contributed by atoms with van der Waals surface area (Å²) in [6.45, 7) is 3.40. The molecule has 0 aliphatic rings. The SMILES string of the molecule is CCOC(=O)C(=CNc1cc2cc(OC)ccc2oc1=O)C(=O)OCC. The molecule has 2 aromatic rings. The minimum Gasteiger partial charge on any atom is -0.497 e. The quantitative estimate of drug-likeness (QED) is 0.263. The zero-order chi connectivity index (χ0) is 19.1. The van der Waals surface area contributed by atoms with E-state index >= 15 is 0 Å². The predicted molar refractivity (Wildman–Crippen MR) is 94.0 cm³/mol. The summed E-state index contributed by atoms with van der Waals surface area (Å²) >= 11 is 0. The number of carbonyl (C=O) groups excluding carboxylic acids is 2. The molecule has 0 aliphatic carbocycles. The molecule has 2 rings (SSSR count). The van der Waals surface area contributed by atoms with Crippen LogP contribution in [0.15, 0.2) is 45.3 Å². The summed E-state index contributed by atoms with van der Waals surface area (Å²) in [7, 11) is 1.52. The number of fused-ring (bicyclic) bond motifs is 1. The number of esters is 2. The van der Waals surface area contributed by atoms with Crippen LogP contribution in [0.4, 0.5) is 5.69 Å². The first-order chi connectivity index (χ1) is 12.5. The van der Waals surface area contributed by atoms with Crippen molar-refractivity contribution in [3.05, 3.63) is 46.5 Å². The Morgan fingerprint density at radius 1 is 1.12 bits per heavy atom. The second-order valence-corrected chi connectivity index (χ2v) is 4.99. The molecule has 0 bridgehead atoms. The van der Waals surface area contributed by atoms with Gasteiger partial charge in [0.15, 0.2) is 5.57 Å². The number of ether oxygens (including phenoxy) is 3. The molecule has 0 aliphatic heterocycles. The zero-order valence-electron chi connectivity index (χ0n) is 14.7. The van der Waals surface area contributed by atoms with Gasteiger partial charge in [-0.3, -0.25) is 0 Å². The Labute approximate surface area is 149 Å². The summed E-state index contributed by atoms with van der Waals surface area (Å²) in [5.74, 6) is -1.12. The van der Waals surface area contributed by atoms with Crippen LogP contribution in [0.3, 0.4) is 0 Å². The maximum Gasteiger partial charge on any atom is 0.360 e. The Morgan fingerprint density at radius 3 is 2.35 bits per heavy atom. The standard InChI is InChI=1S/C18H19NO7/c1-4-24-16(20)13(17(21)25-5-2)10-19-14-9-11-8-12(23-3)6-7-15(11)26-18(14)22/h6-10,19H,4-5H2,1-3H3. The van der Waals surface area contributed by atoms with Crippen LogP contribution < -0.4 is 15.7 Å². The molecule has 138 valence electrons. The fraction of sp³-hybridized carbons (Fsp3) is 0.278. The van der Waals surface area contributed by atoms with Crippen LogP contribution in [0.5, 0.6) is 5.75 Å². The molecule has 0 saturated heterocycles. The summed E-state index contributed by atoms with van der Waals surface area (Å²) in [6.07, 6.45) is 1.06. The van der Waals surface area contributed by atoms with E-state index in [1.807, 2.05) is 0 Å². The number of anilines is 1. The van der Waals surface area contributed by atoms with Gasteiger partial charge >= 0.3 is 17.6 Å². The number of carbonyl (C=O) groups is 2. The average molecular weight is 361 g/mol. The second-order valence-electron chi connectivity index (χ2n) is 4.99. The number of nitrogens with one attached hydrogen (secondary N) is 1. The van der Waals surface area contributed by atoms with E-state index in [0.29, 0.717) is 16.7 Å². The highest BCUT2D eigenvalue weighted by Gasteiger charge is 2.21. The molecule has 0 atom stereocenters. The van der Waals surface area contributed by atoms with Gasteiger partial charge in [0.1, 0.15) is 17.0 Å². The molecule has 0 amide bonds. The number of hydrogen-bond donors (Lipinski definition) is 1. The number of benzene rings is 1. The van der Waals surface area contributed by atoms with Crippen LogP contribution >= 0.6 is 0 Å². The van der Waals surface area contributed by atoms with Crippen molar-refractivity contribution in [3.8, 4) is 5.75 Å². The van der Waals surface area contributed by atoms with Crippen LogP contribution in [0, 0.1) is 0 Å². The normalized spacial score (nSPS) is 10.1. The maximum absolute atomic E-state index is 12.1. The molecule has 1 aromatic carbocycles. The summed E-state index contributed by atoms with van der Waals surface area (Å²) in [6, 6.07) is 6.48. The Kier molecular flexibility index (Phi) is 6.37. The van der Waals surface area contributed by atoms with E-state index in [1.165, 1.54) is 13.2 Å². The van der Waals surface area contributed by atoms with E-state index in [9.17, 15) is 14.4 Å². The number of rotatable bonds is 7. The van der Waals surface area contributed by atoms with Crippen LogP contribution in [0.25, 0.3) is 11.0 Å². The minimum atomic E-state index is -0.856. The van der Waals surface area contributed by atoms with Crippen molar-refractivity contribution in [2.24, 2.45) is 0 Å². The fourth-order valence-corrected chi connectivity index (χ4v) is 2.10. The molecule has 1 heterocycles. The van der Waals surface area contributed by atoms with Gasteiger partial charge in [-0.15, -0.1) is 0 Å². The minimum absolute atomic E-state index is 0.0388. The van der Waals surface area contributed by atoms with Gasteiger partial charge in [-0.2, -0.15) is 0 Å². The van der Waals surface area contributed by atoms with Crippen LogP contribution in [-0.2, 0) is 19.1 Å². The molecular formula is C18H19NO7. The monoisotopic (exact) mass is 361 g/mol. The van der Waals surface area contributed by atoms with E-state index in [-0.39, 0.29) is 24.5 Å². The topological polar surface area (TPSA) is 104 Å². The predicted octanol–water partition coefficient (Wildman–Crippen LogP) is 2.22. The third-order valence-electron chi connectivity index (χ3n) is 3.30. The maximum atomic E-state index is 12.1. The molecule has 8 nitrogen and oxygen atoms in total. The lowest BCUT2D eigenvalue weighted by molar-refractivity contribution is -0.146. The average Bonchev–Trinajstić information content (AvgIpc) is 2.62. The Bertz CT molecular complexity index is 878. The largest absolute Gasteiger partial charge is 0.497 e. The first-order valence-electron chi connectivity index (χ1n) is 7.93. The molecule has 0 unspecified atom stereocenters. The van der Waals surface area contributed by atoms with Crippen molar-refractivity contribution < 1.29 is 28.2 Å².